The second-order valence-electron chi connectivity index (χ2n) is 6.83. The summed E-state index contributed by atoms with van der Waals surface area (Å²) in [5.41, 5.74) is 3.09. The molecule has 11 nitrogen and oxygen atoms in total. The zero-order chi connectivity index (χ0) is 22.7. The van der Waals surface area contributed by atoms with Crippen molar-refractivity contribution in [1.82, 2.24) is 9.13 Å². The van der Waals surface area contributed by atoms with Crippen LogP contribution in [-0.2, 0) is 18.3 Å². The first-order chi connectivity index (χ1) is 14.0. The summed E-state index contributed by atoms with van der Waals surface area (Å²) in [5.74, 6) is -2.35. The summed E-state index contributed by atoms with van der Waals surface area (Å²) in [6, 6.07) is 3.16. The molecule has 0 saturated heterocycles. The molecule has 1 heterocycles. The Kier molecular flexibility index (Phi) is 6.77. The number of benzene rings is 1. The Morgan fingerprint density at radius 2 is 1.93 bits per heavy atom. The van der Waals surface area contributed by atoms with E-state index in [9.17, 15) is 29.3 Å². The molecule has 12 heteroatoms. The van der Waals surface area contributed by atoms with Gasteiger partial charge in [-0.25, -0.2) is 9.59 Å². The second-order valence-corrected chi connectivity index (χ2v) is 7.24. The molecular formula is C18H19ClN4O7. The lowest BCUT2D eigenvalue weighted by molar-refractivity contribution is -0.384. The molecule has 1 aromatic heterocycles. The fraction of sp³-hybridized carbons (Fsp3) is 0.333. The van der Waals surface area contributed by atoms with Crippen molar-refractivity contribution in [2.45, 2.75) is 20.4 Å². The lowest BCUT2D eigenvalue weighted by Crippen LogP contribution is -2.43. The molecule has 0 saturated carbocycles. The van der Waals surface area contributed by atoms with Gasteiger partial charge >= 0.3 is 11.7 Å². The van der Waals surface area contributed by atoms with Gasteiger partial charge < -0.3 is 10.5 Å². The number of anilines is 1. The average molecular weight is 439 g/mol. The highest BCUT2D eigenvalue weighted by molar-refractivity contribution is 6.33. The number of non-ortho nitro benzene ring substituents is 1. The van der Waals surface area contributed by atoms with E-state index in [1.54, 1.807) is 0 Å². The SMILES string of the molecule is CC(C)Cn1c(N)c(C(=O)COC(=O)c2cc([N+](=O)[O-])ccc2Cl)c(=O)n(C)c1=O. The van der Waals surface area contributed by atoms with Gasteiger partial charge in [-0.1, -0.05) is 25.4 Å². The van der Waals surface area contributed by atoms with E-state index in [0.29, 0.717) is 0 Å². The zero-order valence-corrected chi connectivity index (χ0v) is 17.1. The van der Waals surface area contributed by atoms with Gasteiger partial charge in [0.15, 0.2) is 6.61 Å². The molecule has 0 fully saturated rings. The predicted octanol–water partition coefficient (Wildman–Crippen LogP) is 1.39. The van der Waals surface area contributed by atoms with Gasteiger partial charge in [0.25, 0.3) is 11.2 Å². The van der Waals surface area contributed by atoms with Crippen LogP contribution in [0.1, 0.15) is 34.6 Å². The molecule has 2 aromatic rings. The van der Waals surface area contributed by atoms with Crippen LogP contribution in [0.3, 0.4) is 0 Å². The third kappa shape index (κ3) is 4.57. The van der Waals surface area contributed by atoms with Crippen LogP contribution in [0.15, 0.2) is 27.8 Å². The molecule has 0 atom stereocenters. The number of hydrogen-bond donors (Lipinski definition) is 1. The number of rotatable bonds is 7. The molecule has 0 radical (unpaired) electrons. The summed E-state index contributed by atoms with van der Waals surface area (Å²) in [5, 5.41) is 10.7. The van der Waals surface area contributed by atoms with Gasteiger partial charge in [0.1, 0.15) is 11.4 Å². The van der Waals surface area contributed by atoms with Crippen LogP contribution in [0.5, 0.6) is 0 Å². The van der Waals surface area contributed by atoms with E-state index in [1.807, 2.05) is 13.8 Å². The predicted molar refractivity (Wildman–Crippen MR) is 108 cm³/mol. The van der Waals surface area contributed by atoms with Gasteiger partial charge in [0.05, 0.1) is 15.5 Å². The summed E-state index contributed by atoms with van der Waals surface area (Å²) in [4.78, 5) is 59.6. The van der Waals surface area contributed by atoms with Crippen molar-refractivity contribution >= 4 is 34.9 Å². The molecule has 0 amide bonds. The highest BCUT2D eigenvalue weighted by atomic mass is 35.5. The highest BCUT2D eigenvalue weighted by Gasteiger charge is 2.24. The number of Topliss-reactive ketones (excluding diaryl/α,β-unsaturated/α-hetero) is 1. The van der Waals surface area contributed by atoms with Crippen LogP contribution >= 0.6 is 11.6 Å². The van der Waals surface area contributed by atoms with Crippen molar-refractivity contribution in [2.24, 2.45) is 13.0 Å². The third-order valence-electron chi connectivity index (χ3n) is 4.12. The van der Waals surface area contributed by atoms with Crippen LogP contribution in [0.4, 0.5) is 11.5 Å². The Bertz CT molecular complexity index is 1150. The zero-order valence-electron chi connectivity index (χ0n) is 16.4. The number of nitrogens with zero attached hydrogens (tertiary/aromatic N) is 3. The molecule has 2 rings (SSSR count). The Labute approximate surface area is 174 Å². The van der Waals surface area contributed by atoms with Gasteiger partial charge in [0, 0.05) is 25.7 Å². The minimum Gasteiger partial charge on any atom is -0.454 e. The van der Waals surface area contributed by atoms with E-state index in [0.717, 1.165) is 27.3 Å². The van der Waals surface area contributed by atoms with Crippen molar-refractivity contribution < 1.29 is 19.2 Å². The largest absolute Gasteiger partial charge is 0.454 e. The Hall–Kier alpha value is -3.47. The third-order valence-corrected chi connectivity index (χ3v) is 4.45. The number of hydrogen-bond acceptors (Lipinski definition) is 8. The van der Waals surface area contributed by atoms with E-state index in [-0.39, 0.29) is 28.9 Å². The molecule has 30 heavy (non-hydrogen) atoms. The van der Waals surface area contributed by atoms with E-state index in [2.05, 4.69) is 0 Å². The summed E-state index contributed by atoms with van der Waals surface area (Å²) < 4.78 is 6.71. The first-order valence-corrected chi connectivity index (χ1v) is 9.07. The van der Waals surface area contributed by atoms with Gasteiger partial charge in [-0.15, -0.1) is 0 Å². The molecule has 0 bridgehead atoms. The number of nitro groups is 1. The maximum atomic E-state index is 12.6. The number of ketones is 1. The van der Waals surface area contributed by atoms with Crippen molar-refractivity contribution in [3.05, 3.63) is 65.3 Å². The second kappa shape index (κ2) is 8.91. The van der Waals surface area contributed by atoms with E-state index >= 15 is 0 Å². The van der Waals surface area contributed by atoms with E-state index in [1.165, 1.54) is 7.05 Å². The Morgan fingerprint density at radius 1 is 1.30 bits per heavy atom. The number of nitro benzene ring substituents is 1. The number of halogens is 1. The molecule has 2 N–H and O–H groups in total. The number of ether oxygens (including phenoxy) is 1. The first kappa shape index (κ1) is 22.8. The molecule has 0 unspecified atom stereocenters. The van der Waals surface area contributed by atoms with Crippen molar-refractivity contribution in [3.8, 4) is 0 Å². The van der Waals surface area contributed by atoms with Crippen LogP contribution in [0.2, 0.25) is 5.02 Å². The topological polar surface area (TPSA) is 157 Å². The number of nitrogen functional groups attached to an aromatic ring is 1. The molecule has 1 aromatic carbocycles. The minimum atomic E-state index is -1.09. The monoisotopic (exact) mass is 438 g/mol. The number of aromatic nitrogens is 2. The van der Waals surface area contributed by atoms with Crippen LogP contribution in [-0.4, -0.2) is 32.4 Å². The summed E-state index contributed by atoms with van der Waals surface area (Å²) in [6.07, 6.45) is 0. The minimum absolute atomic E-state index is 0.000653. The lowest BCUT2D eigenvalue weighted by atomic mass is 10.1. The number of nitrogens with two attached hydrogens (primary N) is 1. The number of carbonyl (C=O) groups excluding carboxylic acids is 2. The maximum Gasteiger partial charge on any atom is 0.340 e. The molecule has 0 aliphatic carbocycles. The highest BCUT2D eigenvalue weighted by Crippen LogP contribution is 2.23. The lowest BCUT2D eigenvalue weighted by Gasteiger charge is -2.16. The van der Waals surface area contributed by atoms with Crippen LogP contribution < -0.4 is 17.0 Å². The summed E-state index contributed by atoms with van der Waals surface area (Å²) >= 11 is 5.87. The van der Waals surface area contributed by atoms with E-state index < -0.39 is 45.8 Å². The standard InChI is InChI=1S/C18H19ClN4O7/c1-9(2)7-22-15(20)14(16(25)21(3)18(22)27)13(24)8-30-17(26)11-6-10(23(28)29)4-5-12(11)19/h4-6,9H,7-8,20H2,1-3H3. The molecule has 0 aliphatic rings. The first-order valence-electron chi connectivity index (χ1n) is 8.69. The number of carbonyl (C=O) groups is 2. The normalized spacial score (nSPS) is 10.8. The van der Waals surface area contributed by atoms with Crippen molar-refractivity contribution in [1.29, 1.82) is 0 Å². The maximum absolute atomic E-state index is 12.6. The molecule has 0 aliphatic heterocycles. The fourth-order valence-corrected chi connectivity index (χ4v) is 2.85. The van der Waals surface area contributed by atoms with Crippen molar-refractivity contribution in [2.75, 3.05) is 12.3 Å². The Balaban J connectivity index is 2.33. The molecule has 0 spiro atoms. The van der Waals surface area contributed by atoms with E-state index in [4.69, 9.17) is 22.1 Å². The molecule has 160 valence electrons. The Morgan fingerprint density at radius 3 is 2.50 bits per heavy atom. The molecular weight excluding hydrogens is 420 g/mol. The quantitative estimate of drug-likeness (QED) is 0.294. The smallest absolute Gasteiger partial charge is 0.340 e. The number of esters is 1. The van der Waals surface area contributed by atoms with Gasteiger partial charge in [0.2, 0.25) is 5.78 Å². The van der Waals surface area contributed by atoms with Crippen molar-refractivity contribution in [3.63, 3.8) is 0 Å². The summed E-state index contributed by atoms with van der Waals surface area (Å²) in [6.45, 7) is 2.94. The van der Waals surface area contributed by atoms with Crippen LogP contribution in [0.25, 0.3) is 0 Å². The van der Waals surface area contributed by atoms with Gasteiger partial charge in [-0.05, 0) is 12.0 Å². The van der Waals surface area contributed by atoms with Gasteiger partial charge in [-0.3, -0.25) is 28.8 Å². The average Bonchev–Trinajstić information content (AvgIpc) is 2.68. The van der Waals surface area contributed by atoms with Crippen LogP contribution in [0, 0.1) is 16.0 Å². The van der Waals surface area contributed by atoms with Gasteiger partial charge in [-0.2, -0.15) is 0 Å². The fourth-order valence-electron chi connectivity index (χ4n) is 2.65. The summed E-state index contributed by atoms with van der Waals surface area (Å²) in [7, 11) is 1.20.